The number of ether oxygens (including phenoxy) is 1. The van der Waals surface area contributed by atoms with E-state index in [-0.39, 0.29) is 33.8 Å². The first-order valence-electron chi connectivity index (χ1n) is 27.2. The van der Waals surface area contributed by atoms with Gasteiger partial charge in [-0.3, -0.25) is 0 Å². The third-order valence-corrected chi connectivity index (χ3v) is 19.1. The maximum Gasteiger partial charge on any atom is 0.264 e. The van der Waals surface area contributed by atoms with Crippen molar-refractivity contribution in [3.8, 4) is 22.6 Å². The largest absolute Gasteiger partial charge is 0.453 e. The summed E-state index contributed by atoms with van der Waals surface area (Å²) in [6, 6.07) is 61.4. The number of benzene rings is 8. The van der Waals surface area contributed by atoms with Crippen LogP contribution >= 0.6 is 11.3 Å². The predicted molar refractivity (Wildman–Crippen MR) is 321 cm³/mol. The summed E-state index contributed by atoms with van der Waals surface area (Å²) in [5, 5.41) is 1.31. The van der Waals surface area contributed by atoms with Crippen molar-refractivity contribution >= 4 is 95.0 Å². The molecule has 1 unspecified atom stereocenters. The maximum atomic E-state index is 6.74. The molecule has 0 radical (unpaired) electrons. The molecule has 6 aliphatic rings. The van der Waals surface area contributed by atoms with Gasteiger partial charge in [-0.2, -0.15) is 0 Å². The van der Waals surface area contributed by atoms with Gasteiger partial charge in [0, 0.05) is 48.6 Å². The van der Waals surface area contributed by atoms with Crippen LogP contribution in [-0.2, 0) is 27.1 Å². The van der Waals surface area contributed by atoms with Crippen molar-refractivity contribution in [1.29, 1.82) is 0 Å². The Labute approximate surface area is 448 Å². The molecule has 0 amide bonds. The Bertz CT molecular complexity index is 3840. The maximum absolute atomic E-state index is 6.74. The molecular weight excluding hydrogens is 930 g/mol. The number of anilines is 9. The smallest absolute Gasteiger partial charge is 0.264 e. The second kappa shape index (κ2) is 15.5. The van der Waals surface area contributed by atoms with Crippen molar-refractivity contribution in [2.24, 2.45) is 0 Å². The van der Waals surface area contributed by atoms with Crippen LogP contribution in [0.1, 0.15) is 129 Å². The van der Waals surface area contributed by atoms with E-state index in [1.165, 1.54) is 98.7 Å². The van der Waals surface area contributed by atoms with Gasteiger partial charge in [-0.15, -0.1) is 11.3 Å². The van der Waals surface area contributed by atoms with E-state index in [0.717, 1.165) is 47.1 Å². The minimum atomic E-state index is -0.180. The Balaban J connectivity index is 1.17. The lowest BCUT2D eigenvalue weighted by atomic mass is 9.35. The first kappa shape index (κ1) is 46.5. The SMILES string of the molecule is CC(C)(C)c1ccc(N2c3cc(N4c5ccccc5Oc5ccccc54)cc4c3B(c3cc5c6cc3N4c3ccc(C(C)(C)C)cc3-c3ccc(cc3)C6(C)CCC5(C)C)c3sc4ccc(C(C)(C)C)cc4c32)cc1. The van der Waals surface area contributed by atoms with Crippen molar-refractivity contribution in [2.45, 2.75) is 123 Å². The van der Waals surface area contributed by atoms with Crippen LogP contribution in [0.2, 0.25) is 0 Å². The van der Waals surface area contributed by atoms with Gasteiger partial charge >= 0.3 is 0 Å². The van der Waals surface area contributed by atoms with Gasteiger partial charge < -0.3 is 19.4 Å². The van der Waals surface area contributed by atoms with Crippen molar-refractivity contribution in [3.05, 3.63) is 191 Å². The number of fused-ring (bicyclic) bond motifs is 9. The molecule has 9 aromatic rings. The highest BCUT2D eigenvalue weighted by Gasteiger charge is 2.50. The third-order valence-electron chi connectivity index (χ3n) is 17.8. The molecule has 372 valence electrons. The van der Waals surface area contributed by atoms with E-state index in [1.807, 2.05) is 11.3 Å². The average Bonchev–Trinajstić information content (AvgIpc) is 3.76. The molecule has 0 saturated heterocycles. The molecule has 1 aliphatic carbocycles. The minimum Gasteiger partial charge on any atom is -0.453 e. The number of thiophene rings is 1. The van der Waals surface area contributed by atoms with Crippen molar-refractivity contribution in [2.75, 3.05) is 14.7 Å². The van der Waals surface area contributed by atoms with Gasteiger partial charge in [-0.25, -0.2) is 0 Å². The molecule has 15 rings (SSSR count). The summed E-state index contributed by atoms with van der Waals surface area (Å²) < 4.78 is 9.46. The first-order chi connectivity index (χ1) is 35.7. The lowest BCUT2D eigenvalue weighted by Crippen LogP contribution is -2.61. The predicted octanol–water partition coefficient (Wildman–Crippen LogP) is 17.8. The first-order valence-corrected chi connectivity index (χ1v) is 28.1. The van der Waals surface area contributed by atoms with Crippen LogP contribution in [-0.4, -0.2) is 6.71 Å². The van der Waals surface area contributed by atoms with Crippen LogP contribution in [0, 0.1) is 0 Å². The summed E-state index contributed by atoms with van der Waals surface area (Å²) >= 11 is 2.00. The van der Waals surface area contributed by atoms with Gasteiger partial charge in [0.1, 0.15) is 0 Å². The lowest BCUT2D eigenvalue weighted by Gasteiger charge is -2.48. The van der Waals surface area contributed by atoms with Gasteiger partial charge in [0.25, 0.3) is 6.71 Å². The Morgan fingerprint density at radius 3 is 1.75 bits per heavy atom. The number of hydrogen-bond donors (Lipinski definition) is 0. The molecule has 5 aliphatic heterocycles. The highest BCUT2D eigenvalue weighted by molar-refractivity contribution is 7.33. The molecule has 8 aromatic carbocycles. The molecule has 6 heterocycles. The summed E-state index contributed by atoms with van der Waals surface area (Å²) in [5.41, 5.74) is 23.6. The van der Waals surface area contributed by atoms with Crippen LogP contribution in [0.4, 0.5) is 51.2 Å². The standard InChI is InChI=1S/C69H66BN3OS/c1-65(2,3)42-25-29-46(30-26-42)72-57-37-47(71-54-17-13-15-19-59(54)74-60-20-16-14-18-55(60)71)38-58-62(57)70(64-63(72)49-36-45(67(7,8)9)28-32-61(49)75-64)52-39-50-51-40-56(52)73(58)53-31-27-44(66(4,5)6)35-48(53)41-21-23-43(24-22-41)69(51,12)34-33-68(50,10)11/h13-32,35-40H,33-34H2,1-12H3. The Kier molecular flexibility index (Phi) is 9.64. The zero-order valence-corrected chi connectivity index (χ0v) is 46.5. The molecule has 0 saturated carbocycles. The summed E-state index contributed by atoms with van der Waals surface area (Å²) in [5.74, 6) is 1.68. The fourth-order valence-electron chi connectivity index (χ4n) is 13.3. The van der Waals surface area contributed by atoms with E-state index >= 15 is 0 Å². The van der Waals surface area contributed by atoms with Crippen LogP contribution in [0.25, 0.3) is 21.2 Å². The Morgan fingerprint density at radius 1 is 0.493 bits per heavy atom. The van der Waals surface area contributed by atoms with E-state index < -0.39 is 0 Å². The van der Waals surface area contributed by atoms with Crippen LogP contribution in [0.3, 0.4) is 0 Å². The van der Waals surface area contributed by atoms with E-state index in [1.54, 1.807) is 0 Å². The second-order valence-corrected chi connectivity index (χ2v) is 27.3. The van der Waals surface area contributed by atoms with E-state index in [4.69, 9.17) is 4.74 Å². The second-order valence-electron chi connectivity index (χ2n) is 26.2. The van der Waals surface area contributed by atoms with Gasteiger partial charge in [-0.1, -0.05) is 162 Å². The number of rotatable bonds is 2. The monoisotopic (exact) mass is 996 g/mol. The molecule has 0 spiro atoms. The molecule has 0 fully saturated rings. The number of hydrogen-bond acceptors (Lipinski definition) is 5. The van der Waals surface area contributed by atoms with E-state index in [9.17, 15) is 0 Å². The van der Waals surface area contributed by atoms with E-state index in [0.29, 0.717) is 0 Å². The highest BCUT2D eigenvalue weighted by Crippen LogP contribution is 2.58. The minimum absolute atomic E-state index is 0.00128. The Morgan fingerprint density at radius 2 is 1.09 bits per heavy atom. The molecular formula is C69H66BN3OS. The number of nitrogens with zero attached hydrogens (tertiary/aromatic N) is 3. The summed E-state index contributed by atoms with van der Waals surface area (Å²) in [6.45, 7) is 28.5. The summed E-state index contributed by atoms with van der Waals surface area (Å²) in [6.07, 6.45) is 2.19. The van der Waals surface area contributed by atoms with Crippen LogP contribution < -0.4 is 35.1 Å². The normalized spacial score (nSPS) is 17.7. The van der Waals surface area contributed by atoms with Crippen LogP contribution in [0.5, 0.6) is 11.5 Å². The average molecular weight is 996 g/mol. The molecule has 0 N–H and O–H groups in total. The summed E-state index contributed by atoms with van der Waals surface area (Å²) in [4.78, 5) is 7.81. The molecule has 1 atom stereocenters. The van der Waals surface area contributed by atoms with Crippen LogP contribution in [0.15, 0.2) is 158 Å². The van der Waals surface area contributed by atoms with Gasteiger partial charge in [0.15, 0.2) is 11.5 Å². The molecule has 1 aromatic heterocycles. The number of para-hydroxylation sites is 4. The van der Waals surface area contributed by atoms with Gasteiger partial charge in [0.2, 0.25) is 0 Å². The quantitative estimate of drug-likeness (QED) is 0.161. The van der Waals surface area contributed by atoms with Crippen molar-refractivity contribution in [1.82, 2.24) is 0 Å². The molecule has 4 bridgehead atoms. The fourth-order valence-corrected chi connectivity index (χ4v) is 14.6. The topological polar surface area (TPSA) is 19.0 Å². The fraction of sp³-hybridized carbons (Fsp3) is 0.275. The Hall–Kier alpha value is -7.02. The third kappa shape index (κ3) is 6.80. The zero-order chi connectivity index (χ0) is 51.9. The van der Waals surface area contributed by atoms with Gasteiger partial charge in [0.05, 0.1) is 28.4 Å². The van der Waals surface area contributed by atoms with E-state index in [2.05, 4.69) is 256 Å². The van der Waals surface area contributed by atoms with Gasteiger partial charge in [-0.05, 0) is 163 Å². The zero-order valence-electron chi connectivity index (χ0n) is 45.7. The van der Waals surface area contributed by atoms with Crippen molar-refractivity contribution in [3.63, 3.8) is 0 Å². The lowest BCUT2D eigenvalue weighted by molar-refractivity contribution is 0.350. The molecule has 4 nitrogen and oxygen atoms in total. The highest BCUT2D eigenvalue weighted by atomic mass is 32.1. The van der Waals surface area contributed by atoms with Crippen molar-refractivity contribution < 1.29 is 4.74 Å². The molecule has 75 heavy (non-hydrogen) atoms. The molecule has 6 heteroatoms. The summed E-state index contributed by atoms with van der Waals surface area (Å²) in [7, 11) is 0.